The molecule has 0 spiro atoms. The summed E-state index contributed by atoms with van der Waals surface area (Å²) in [4.78, 5) is 2.30. The SMILES string of the molecule is C[C@@H]1CN(C[C@H](c2cccc(OC(F)(F)F)c2)C2(O)CCCCC2)CCN1. The number of piperazine rings is 1. The second kappa shape index (κ2) is 8.37. The number of alkyl halides is 3. The highest BCUT2D eigenvalue weighted by atomic mass is 19.4. The van der Waals surface area contributed by atoms with Gasteiger partial charge in [0.1, 0.15) is 5.75 Å². The Balaban J connectivity index is 1.86. The van der Waals surface area contributed by atoms with E-state index in [9.17, 15) is 18.3 Å². The second-order valence-corrected chi connectivity index (χ2v) is 7.95. The lowest BCUT2D eigenvalue weighted by molar-refractivity contribution is -0.274. The molecule has 1 heterocycles. The monoisotopic (exact) mass is 386 g/mol. The summed E-state index contributed by atoms with van der Waals surface area (Å²) in [6.45, 7) is 5.37. The molecule has 1 aromatic carbocycles. The van der Waals surface area contributed by atoms with E-state index in [1.807, 2.05) is 6.07 Å². The van der Waals surface area contributed by atoms with Crippen molar-refractivity contribution < 1.29 is 23.0 Å². The molecule has 1 aromatic rings. The molecular weight excluding hydrogens is 357 g/mol. The number of aliphatic hydroxyl groups is 1. The van der Waals surface area contributed by atoms with Crippen molar-refractivity contribution >= 4 is 0 Å². The Morgan fingerprint density at radius 2 is 2.04 bits per heavy atom. The number of ether oxygens (including phenoxy) is 1. The fourth-order valence-electron chi connectivity index (χ4n) is 4.46. The minimum Gasteiger partial charge on any atom is -0.406 e. The summed E-state index contributed by atoms with van der Waals surface area (Å²) in [7, 11) is 0. The van der Waals surface area contributed by atoms with Crippen molar-refractivity contribution in [3.8, 4) is 5.75 Å². The topological polar surface area (TPSA) is 44.7 Å². The molecule has 1 aliphatic heterocycles. The van der Waals surface area contributed by atoms with E-state index in [0.29, 0.717) is 31.0 Å². The summed E-state index contributed by atoms with van der Waals surface area (Å²) in [5, 5.41) is 14.8. The van der Waals surface area contributed by atoms with Crippen molar-refractivity contribution in [2.24, 2.45) is 0 Å². The number of hydrogen-bond donors (Lipinski definition) is 2. The van der Waals surface area contributed by atoms with Crippen LogP contribution in [0.3, 0.4) is 0 Å². The smallest absolute Gasteiger partial charge is 0.406 e. The van der Waals surface area contributed by atoms with Gasteiger partial charge in [0.2, 0.25) is 0 Å². The molecule has 1 saturated carbocycles. The van der Waals surface area contributed by atoms with E-state index < -0.39 is 12.0 Å². The Kier molecular flexibility index (Phi) is 6.33. The number of benzene rings is 1. The highest BCUT2D eigenvalue weighted by Gasteiger charge is 2.40. The van der Waals surface area contributed by atoms with Gasteiger partial charge in [-0.3, -0.25) is 4.90 Å². The van der Waals surface area contributed by atoms with Crippen LogP contribution in [0.4, 0.5) is 13.2 Å². The lowest BCUT2D eigenvalue weighted by atomic mass is 9.72. The zero-order valence-electron chi connectivity index (χ0n) is 15.8. The lowest BCUT2D eigenvalue weighted by Gasteiger charge is -2.43. The number of halogens is 3. The van der Waals surface area contributed by atoms with Crippen LogP contribution in [0.2, 0.25) is 0 Å². The quantitative estimate of drug-likeness (QED) is 0.811. The molecular formula is C20H29F3N2O2. The minimum atomic E-state index is -4.72. The molecule has 7 heteroatoms. The number of nitrogens with zero attached hydrogens (tertiary/aromatic N) is 1. The third kappa shape index (κ3) is 5.59. The van der Waals surface area contributed by atoms with Crippen LogP contribution >= 0.6 is 0 Å². The van der Waals surface area contributed by atoms with Crippen LogP contribution in [0, 0.1) is 0 Å². The van der Waals surface area contributed by atoms with Crippen LogP contribution < -0.4 is 10.1 Å². The molecule has 152 valence electrons. The third-order valence-corrected chi connectivity index (χ3v) is 5.76. The average molecular weight is 386 g/mol. The van der Waals surface area contributed by atoms with Crippen molar-refractivity contribution in [3.63, 3.8) is 0 Å². The number of hydrogen-bond acceptors (Lipinski definition) is 4. The summed E-state index contributed by atoms with van der Waals surface area (Å²) in [5.74, 6) is -0.460. The van der Waals surface area contributed by atoms with Crippen molar-refractivity contribution in [2.75, 3.05) is 26.2 Å². The van der Waals surface area contributed by atoms with Gasteiger partial charge in [-0.2, -0.15) is 0 Å². The van der Waals surface area contributed by atoms with Crippen LogP contribution in [-0.4, -0.2) is 54.2 Å². The second-order valence-electron chi connectivity index (χ2n) is 7.95. The molecule has 0 radical (unpaired) electrons. The zero-order valence-corrected chi connectivity index (χ0v) is 15.8. The summed E-state index contributed by atoms with van der Waals surface area (Å²) in [6.07, 6.45) is -0.360. The van der Waals surface area contributed by atoms with Crippen molar-refractivity contribution in [1.82, 2.24) is 10.2 Å². The van der Waals surface area contributed by atoms with Gasteiger partial charge in [0.15, 0.2) is 0 Å². The minimum absolute atomic E-state index is 0.224. The van der Waals surface area contributed by atoms with Crippen LogP contribution in [0.25, 0.3) is 0 Å². The Hall–Kier alpha value is -1.31. The molecule has 2 fully saturated rings. The highest BCUT2D eigenvalue weighted by Crippen LogP contribution is 2.41. The van der Waals surface area contributed by atoms with Crippen LogP contribution in [0.1, 0.15) is 50.5 Å². The Morgan fingerprint density at radius 1 is 1.30 bits per heavy atom. The molecule has 1 saturated heterocycles. The van der Waals surface area contributed by atoms with E-state index in [1.54, 1.807) is 6.07 Å². The van der Waals surface area contributed by atoms with E-state index in [0.717, 1.165) is 38.9 Å². The van der Waals surface area contributed by atoms with Crippen molar-refractivity contribution in [3.05, 3.63) is 29.8 Å². The zero-order chi connectivity index (χ0) is 19.5. The molecule has 0 bridgehead atoms. The van der Waals surface area contributed by atoms with E-state index in [1.165, 1.54) is 12.1 Å². The first-order valence-corrected chi connectivity index (χ1v) is 9.79. The molecule has 2 atom stereocenters. The summed E-state index contributed by atoms with van der Waals surface area (Å²) in [5.41, 5.74) is -0.171. The molecule has 3 rings (SSSR count). The summed E-state index contributed by atoms with van der Waals surface area (Å²) in [6, 6.07) is 6.50. The van der Waals surface area contributed by atoms with Gasteiger partial charge in [-0.05, 0) is 37.5 Å². The van der Waals surface area contributed by atoms with E-state index in [2.05, 4.69) is 21.9 Å². The van der Waals surface area contributed by atoms with E-state index in [-0.39, 0.29) is 11.7 Å². The van der Waals surface area contributed by atoms with Gasteiger partial charge < -0.3 is 15.2 Å². The van der Waals surface area contributed by atoms with Crippen molar-refractivity contribution in [2.45, 2.75) is 63.0 Å². The molecule has 2 N–H and O–H groups in total. The Labute approximate surface area is 158 Å². The lowest BCUT2D eigenvalue weighted by Crippen LogP contribution is -2.52. The number of rotatable bonds is 5. The first-order chi connectivity index (χ1) is 12.8. The normalized spacial score (nSPS) is 25.1. The van der Waals surface area contributed by atoms with Gasteiger partial charge in [-0.1, -0.05) is 31.4 Å². The van der Waals surface area contributed by atoms with Gasteiger partial charge >= 0.3 is 6.36 Å². The maximum atomic E-state index is 12.6. The first kappa shape index (κ1) is 20.4. The Morgan fingerprint density at radius 3 is 2.70 bits per heavy atom. The van der Waals surface area contributed by atoms with Crippen molar-refractivity contribution in [1.29, 1.82) is 0 Å². The van der Waals surface area contributed by atoms with Crippen LogP contribution in [0.15, 0.2) is 24.3 Å². The fraction of sp³-hybridized carbons (Fsp3) is 0.700. The van der Waals surface area contributed by atoms with Crippen LogP contribution in [-0.2, 0) is 0 Å². The Bertz CT molecular complexity index is 617. The summed E-state index contributed by atoms with van der Waals surface area (Å²) >= 11 is 0. The average Bonchev–Trinajstić information content (AvgIpc) is 2.59. The predicted molar refractivity (Wildman–Crippen MR) is 97.8 cm³/mol. The number of nitrogens with one attached hydrogen (secondary N) is 1. The van der Waals surface area contributed by atoms with Crippen LogP contribution in [0.5, 0.6) is 5.75 Å². The molecule has 27 heavy (non-hydrogen) atoms. The largest absolute Gasteiger partial charge is 0.573 e. The predicted octanol–water partition coefficient (Wildman–Crippen LogP) is 3.66. The van der Waals surface area contributed by atoms with Gasteiger partial charge in [0.25, 0.3) is 0 Å². The summed E-state index contributed by atoms with van der Waals surface area (Å²) < 4.78 is 42.0. The van der Waals surface area contributed by atoms with Gasteiger partial charge in [0.05, 0.1) is 5.60 Å². The third-order valence-electron chi connectivity index (χ3n) is 5.76. The fourth-order valence-corrected chi connectivity index (χ4v) is 4.46. The van der Waals surface area contributed by atoms with Gasteiger partial charge in [-0.15, -0.1) is 13.2 Å². The molecule has 0 unspecified atom stereocenters. The molecule has 4 nitrogen and oxygen atoms in total. The van der Waals surface area contributed by atoms with E-state index >= 15 is 0 Å². The first-order valence-electron chi connectivity index (χ1n) is 9.79. The molecule has 0 amide bonds. The van der Waals surface area contributed by atoms with E-state index in [4.69, 9.17) is 0 Å². The van der Waals surface area contributed by atoms with Gasteiger partial charge in [0, 0.05) is 38.1 Å². The molecule has 2 aliphatic rings. The maximum absolute atomic E-state index is 12.6. The maximum Gasteiger partial charge on any atom is 0.573 e. The molecule has 1 aliphatic carbocycles. The van der Waals surface area contributed by atoms with Gasteiger partial charge in [-0.25, -0.2) is 0 Å². The highest BCUT2D eigenvalue weighted by molar-refractivity contribution is 5.33. The standard InChI is InChI=1S/C20H29F3N2O2/c1-15-13-25(11-10-24-15)14-18(19(26)8-3-2-4-9-19)16-6-5-7-17(12-16)27-20(21,22)23/h5-7,12,15,18,24,26H,2-4,8-11,13-14H2,1H3/t15-,18-/m1/s1. The molecule has 0 aromatic heterocycles.